The summed E-state index contributed by atoms with van der Waals surface area (Å²) in [6.45, 7) is 1.76. The molecule has 1 heterocycles. The van der Waals surface area contributed by atoms with Crippen LogP contribution in [0.1, 0.15) is 5.56 Å². The fourth-order valence-corrected chi connectivity index (χ4v) is 2.58. The lowest BCUT2D eigenvalue weighted by Gasteiger charge is -2.10. The molecule has 6 heteroatoms. The molecular formula is C15H10Cl2N2O2. The Morgan fingerprint density at radius 2 is 1.86 bits per heavy atom. The molecule has 0 atom stereocenters. The lowest BCUT2D eigenvalue weighted by atomic mass is 10.2. The van der Waals surface area contributed by atoms with E-state index in [4.69, 9.17) is 23.2 Å². The molecule has 0 aliphatic carbocycles. The van der Waals surface area contributed by atoms with Crippen LogP contribution in [-0.4, -0.2) is 9.55 Å². The van der Waals surface area contributed by atoms with Gasteiger partial charge in [0.1, 0.15) is 0 Å². The van der Waals surface area contributed by atoms with Crippen LogP contribution in [0.25, 0.3) is 16.6 Å². The van der Waals surface area contributed by atoms with Crippen molar-refractivity contribution in [1.82, 2.24) is 9.55 Å². The van der Waals surface area contributed by atoms with E-state index in [1.807, 2.05) is 0 Å². The Morgan fingerprint density at radius 1 is 1.10 bits per heavy atom. The summed E-state index contributed by atoms with van der Waals surface area (Å²) in [6, 6.07) is 9.83. The van der Waals surface area contributed by atoms with E-state index in [9.17, 15) is 9.59 Å². The number of benzene rings is 2. The summed E-state index contributed by atoms with van der Waals surface area (Å²) < 4.78 is 1.07. The zero-order valence-electron chi connectivity index (χ0n) is 11.0. The minimum atomic E-state index is -0.514. The summed E-state index contributed by atoms with van der Waals surface area (Å²) in [5.41, 5.74) is 0.621. The zero-order valence-corrected chi connectivity index (χ0v) is 12.5. The van der Waals surface area contributed by atoms with Gasteiger partial charge in [-0.1, -0.05) is 29.3 Å². The molecule has 0 spiro atoms. The van der Waals surface area contributed by atoms with Crippen molar-refractivity contribution in [2.45, 2.75) is 6.92 Å². The summed E-state index contributed by atoms with van der Waals surface area (Å²) in [7, 11) is 0. The Hall–Kier alpha value is -2.04. The molecule has 0 bridgehead atoms. The second-order valence-electron chi connectivity index (χ2n) is 4.64. The number of hydrogen-bond acceptors (Lipinski definition) is 2. The highest BCUT2D eigenvalue weighted by Crippen LogP contribution is 2.21. The van der Waals surface area contributed by atoms with Crippen LogP contribution < -0.4 is 11.2 Å². The number of nitrogens with one attached hydrogen (secondary N) is 1. The maximum atomic E-state index is 12.6. The third-order valence-electron chi connectivity index (χ3n) is 3.34. The first-order valence-corrected chi connectivity index (χ1v) is 6.95. The lowest BCUT2D eigenvalue weighted by molar-refractivity contribution is 0.894. The Morgan fingerprint density at radius 3 is 2.62 bits per heavy atom. The SMILES string of the molecule is Cc1c(Cl)cccc1-n1c(=O)[nH]c2ccc(Cl)cc2c1=O. The number of nitrogens with zero attached hydrogens (tertiary/aromatic N) is 1. The number of aromatic amines is 1. The molecule has 0 saturated heterocycles. The topological polar surface area (TPSA) is 54.9 Å². The van der Waals surface area contributed by atoms with Crippen LogP contribution in [-0.2, 0) is 0 Å². The van der Waals surface area contributed by atoms with E-state index in [1.54, 1.807) is 37.3 Å². The highest BCUT2D eigenvalue weighted by atomic mass is 35.5. The Labute approximate surface area is 129 Å². The highest BCUT2D eigenvalue weighted by Gasteiger charge is 2.12. The van der Waals surface area contributed by atoms with Crippen molar-refractivity contribution in [2.75, 3.05) is 0 Å². The Balaban J connectivity index is 2.46. The fraction of sp³-hybridized carbons (Fsp3) is 0.0667. The quantitative estimate of drug-likeness (QED) is 0.748. The van der Waals surface area contributed by atoms with Gasteiger partial charge in [0, 0.05) is 10.0 Å². The Bertz CT molecular complexity index is 974. The third-order valence-corrected chi connectivity index (χ3v) is 3.98. The van der Waals surface area contributed by atoms with Gasteiger partial charge in [0.2, 0.25) is 0 Å². The first-order chi connectivity index (χ1) is 9.99. The molecule has 0 aliphatic heterocycles. The monoisotopic (exact) mass is 320 g/mol. The predicted molar refractivity (Wildman–Crippen MR) is 84.9 cm³/mol. The normalized spacial score (nSPS) is 11.0. The molecule has 0 radical (unpaired) electrons. The molecule has 3 rings (SSSR count). The van der Waals surface area contributed by atoms with E-state index < -0.39 is 11.2 Å². The van der Waals surface area contributed by atoms with Gasteiger partial charge < -0.3 is 4.98 Å². The van der Waals surface area contributed by atoms with E-state index >= 15 is 0 Å². The first-order valence-electron chi connectivity index (χ1n) is 6.19. The molecule has 4 nitrogen and oxygen atoms in total. The third kappa shape index (κ3) is 2.26. The summed E-state index contributed by atoms with van der Waals surface area (Å²) in [4.78, 5) is 27.5. The van der Waals surface area contributed by atoms with Gasteiger partial charge in [-0.3, -0.25) is 4.79 Å². The van der Waals surface area contributed by atoms with Crippen molar-refractivity contribution in [3.63, 3.8) is 0 Å². The van der Waals surface area contributed by atoms with Crippen LogP contribution in [0.4, 0.5) is 0 Å². The van der Waals surface area contributed by atoms with Crippen molar-refractivity contribution in [3.05, 3.63) is 72.8 Å². The first kappa shape index (κ1) is 13.9. The number of rotatable bonds is 1. The summed E-state index contributed by atoms with van der Waals surface area (Å²) >= 11 is 12.0. The molecule has 0 aliphatic rings. The molecule has 0 saturated carbocycles. The number of H-pyrrole nitrogens is 1. The largest absolute Gasteiger partial charge is 0.333 e. The average molecular weight is 321 g/mol. The van der Waals surface area contributed by atoms with Gasteiger partial charge in [-0.25, -0.2) is 9.36 Å². The highest BCUT2D eigenvalue weighted by molar-refractivity contribution is 6.31. The molecule has 21 heavy (non-hydrogen) atoms. The molecule has 2 aromatic carbocycles. The molecule has 106 valence electrons. The molecule has 0 amide bonds. The second kappa shape index (κ2) is 5.06. The number of halogens is 2. The van der Waals surface area contributed by atoms with Crippen molar-refractivity contribution in [3.8, 4) is 5.69 Å². The molecule has 0 fully saturated rings. The predicted octanol–water partition coefficient (Wildman–Crippen LogP) is 3.29. The van der Waals surface area contributed by atoms with Crippen LogP contribution in [0.2, 0.25) is 10.0 Å². The minimum absolute atomic E-state index is 0.349. The van der Waals surface area contributed by atoms with Crippen LogP contribution >= 0.6 is 23.2 Å². The molecule has 1 aromatic heterocycles. The van der Waals surface area contributed by atoms with E-state index in [1.165, 1.54) is 6.07 Å². The van der Waals surface area contributed by atoms with E-state index in [0.29, 0.717) is 32.2 Å². The van der Waals surface area contributed by atoms with E-state index in [-0.39, 0.29) is 0 Å². The second-order valence-corrected chi connectivity index (χ2v) is 5.49. The summed E-state index contributed by atoms with van der Waals surface area (Å²) in [5.74, 6) is 0. The number of hydrogen-bond donors (Lipinski definition) is 1. The van der Waals surface area contributed by atoms with Crippen LogP contribution in [0.3, 0.4) is 0 Å². The van der Waals surface area contributed by atoms with Gasteiger partial charge in [-0.2, -0.15) is 0 Å². The lowest BCUT2D eigenvalue weighted by Crippen LogP contribution is -2.34. The maximum absolute atomic E-state index is 12.6. The molecule has 3 aromatic rings. The number of fused-ring (bicyclic) bond motifs is 1. The van der Waals surface area contributed by atoms with Gasteiger partial charge in [0.25, 0.3) is 5.56 Å². The zero-order chi connectivity index (χ0) is 15.1. The van der Waals surface area contributed by atoms with Gasteiger partial charge in [0.05, 0.1) is 16.6 Å². The minimum Gasteiger partial charge on any atom is -0.306 e. The Kier molecular flexibility index (Phi) is 3.35. The van der Waals surface area contributed by atoms with Crippen molar-refractivity contribution in [2.24, 2.45) is 0 Å². The molecule has 0 unspecified atom stereocenters. The molecular weight excluding hydrogens is 311 g/mol. The van der Waals surface area contributed by atoms with Crippen LogP contribution in [0, 0.1) is 6.92 Å². The standard InChI is InChI=1S/C15H10Cl2N2O2/c1-8-11(17)3-2-4-13(8)19-14(20)10-7-9(16)5-6-12(10)18-15(19)21/h2-7H,1H3,(H,18,21). The van der Waals surface area contributed by atoms with E-state index in [2.05, 4.69) is 4.98 Å². The van der Waals surface area contributed by atoms with Crippen LogP contribution in [0.15, 0.2) is 46.0 Å². The van der Waals surface area contributed by atoms with Crippen LogP contribution in [0.5, 0.6) is 0 Å². The summed E-state index contributed by atoms with van der Waals surface area (Å²) in [6.07, 6.45) is 0. The molecule has 1 N–H and O–H groups in total. The summed E-state index contributed by atoms with van der Waals surface area (Å²) in [5, 5.41) is 1.27. The smallest absolute Gasteiger partial charge is 0.306 e. The van der Waals surface area contributed by atoms with E-state index in [0.717, 1.165) is 4.57 Å². The maximum Gasteiger partial charge on any atom is 0.333 e. The fourth-order valence-electron chi connectivity index (χ4n) is 2.24. The van der Waals surface area contributed by atoms with Gasteiger partial charge >= 0.3 is 5.69 Å². The van der Waals surface area contributed by atoms with Gasteiger partial charge in [-0.05, 0) is 42.8 Å². The van der Waals surface area contributed by atoms with Crippen molar-refractivity contribution < 1.29 is 0 Å². The average Bonchev–Trinajstić information content (AvgIpc) is 2.44. The number of aromatic nitrogens is 2. The van der Waals surface area contributed by atoms with Gasteiger partial charge in [0.15, 0.2) is 0 Å². The van der Waals surface area contributed by atoms with Gasteiger partial charge in [-0.15, -0.1) is 0 Å². The van der Waals surface area contributed by atoms with Crippen molar-refractivity contribution >= 4 is 34.1 Å². The van der Waals surface area contributed by atoms with Crippen molar-refractivity contribution in [1.29, 1.82) is 0 Å².